The maximum atomic E-state index is 12.3. The van der Waals surface area contributed by atoms with Crippen LogP contribution in [0.1, 0.15) is 39.9 Å². The zero-order valence-corrected chi connectivity index (χ0v) is 15.1. The molecule has 0 amide bonds. The van der Waals surface area contributed by atoms with Gasteiger partial charge in [-0.15, -0.1) is 21.5 Å². The lowest BCUT2D eigenvalue weighted by Crippen LogP contribution is -2.06. The number of benzene rings is 1. The lowest BCUT2D eigenvalue weighted by molar-refractivity contribution is 0.102. The molecule has 0 saturated heterocycles. The highest BCUT2D eigenvalue weighted by Gasteiger charge is 2.30. The number of carbonyl (C=O) groups is 1. The van der Waals surface area contributed by atoms with E-state index in [1.54, 1.807) is 23.5 Å². The second-order valence-electron chi connectivity index (χ2n) is 6.01. The molecule has 1 saturated carbocycles. The van der Waals surface area contributed by atoms with Crippen LogP contribution >= 0.6 is 23.1 Å². The van der Waals surface area contributed by atoms with Crippen LogP contribution in [0.15, 0.2) is 46.9 Å². The van der Waals surface area contributed by atoms with Crippen LogP contribution in [0.5, 0.6) is 5.75 Å². The third kappa shape index (κ3) is 3.77. The van der Waals surface area contributed by atoms with E-state index in [2.05, 4.69) is 26.2 Å². The van der Waals surface area contributed by atoms with E-state index in [4.69, 9.17) is 0 Å². The number of thioether (sulfide) groups is 1. The summed E-state index contributed by atoms with van der Waals surface area (Å²) in [6.07, 6.45) is 3.08. The molecule has 1 aromatic carbocycles. The van der Waals surface area contributed by atoms with Crippen molar-refractivity contribution in [3.05, 3.63) is 58.0 Å². The summed E-state index contributed by atoms with van der Waals surface area (Å²) in [6, 6.07) is 11.0. The predicted molar refractivity (Wildman–Crippen MR) is 98.6 cm³/mol. The number of thiophene rings is 1. The Morgan fingerprint density at radius 3 is 2.72 bits per heavy atom. The summed E-state index contributed by atoms with van der Waals surface area (Å²) >= 11 is 3.16. The average molecular weight is 371 g/mol. The van der Waals surface area contributed by atoms with Crippen LogP contribution in [-0.4, -0.2) is 31.4 Å². The number of Topliss-reactive ketones (excluding diaryl/α,β-unsaturated/α-hetero) is 1. The van der Waals surface area contributed by atoms with Gasteiger partial charge in [-0.05, 0) is 48.6 Å². The fourth-order valence-corrected chi connectivity index (χ4v) is 4.28. The standard InChI is InChI=1S/C18H17N3O2S2/c22-14-7-3-12(4-8-14)16(23)11-25-18-20-19-17(21(18)13-5-6-13)10-15-2-1-9-24-15/h1-4,7-9,13,22H,5-6,10-11H2. The van der Waals surface area contributed by atoms with Crippen LogP contribution in [0.2, 0.25) is 0 Å². The highest BCUT2D eigenvalue weighted by atomic mass is 32.2. The Balaban J connectivity index is 1.48. The molecule has 0 atom stereocenters. The molecule has 1 N–H and O–H groups in total. The summed E-state index contributed by atoms with van der Waals surface area (Å²) in [5, 5.41) is 20.9. The summed E-state index contributed by atoms with van der Waals surface area (Å²) in [4.78, 5) is 13.6. The highest BCUT2D eigenvalue weighted by molar-refractivity contribution is 7.99. The number of hydrogen-bond donors (Lipinski definition) is 1. The molecular weight excluding hydrogens is 354 g/mol. The van der Waals surface area contributed by atoms with Crippen molar-refractivity contribution < 1.29 is 9.90 Å². The zero-order chi connectivity index (χ0) is 17.2. The summed E-state index contributed by atoms with van der Waals surface area (Å²) in [5.41, 5.74) is 0.599. The Bertz CT molecular complexity index is 868. The van der Waals surface area contributed by atoms with E-state index in [1.807, 2.05) is 6.07 Å². The van der Waals surface area contributed by atoms with Gasteiger partial charge in [0.15, 0.2) is 10.9 Å². The molecule has 0 bridgehead atoms. The minimum Gasteiger partial charge on any atom is -0.508 e. The third-order valence-electron chi connectivity index (χ3n) is 4.08. The number of ketones is 1. The molecule has 0 unspecified atom stereocenters. The van der Waals surface area contributed by atoms with Crippen LogP contribution in [0.3, 0.4) is 0 Å². The molecular formula is C18H17N3O2S2. The number of nitrogens with zero attached hydrogens (tertiary/aromatic N) is 3. The zero-order valence-electron chi connectivity index (χ0n) is 13.5. The van der Waals surface area contributed by atoms with Gasteiger partial charge < -0.3 is 9.67 Å². The molecule has 1 fully saturated rings. The molecule has 2 aromatic heterocycles. The largest absolute Gasteiger partial charge is 0.508 e. The third-order valence-corrected chi connectivity index (χ3v) is 5.90. The normalized spacial score (nSPS) is 13.9. The van der Waals surface area contributed by atoms with E-state index in [0.29, 0.717) is 17.4 Å². The van der Waals surface area contributed by atoms with Gasteiger partial charge >= 0.3 is 0 Å². The highest BCUT2D eigenvalue weighted by Crippen LogP contribution is 2.39. The summed E-state index contributed by atoms with van der Waals surface area (Å²) in [7, 11) is 0. The van der Waals surface area contributed by atoms with Gasteiger partial charge in [0.2, 0.25) is 0 Å². The maximum absolute atomic E-state index is 12.3. The molecule has 0 aliphatic heterocycles. The fraction of sp³-hybridized carbons (Fsp3) is 0.278. The van der Waals surface area contributed by atoms with Crippen molar-refractivity contribution in [2.45, 2.75) is 30.5 Å². The van der Waals surface area contributed by atoms with E-state index < -0.39 is 0 Å². The summed E-state index contributed by atoms with van der Waals surface area (Å²) in [5.74, 6) is 1.48. The van der Waals surface area contributed by atoms with Crippen molar-refractivity contribution in [3.8, 4) is 5.75 Å². The van der Waals surface area contributed by atoms with Gasteiger partial charge in [-0.1, -0.05) is 17.8 Å². The van der Waals surface area contributed by atoms with Crippen molar-refractivity contribution in [1.82, 2.24) is 14.8 Å². The molecule has 25 heavy (non-hydrogen) atoms. The number of aromatic hydroxyl groups is 1. The first-order valence-electron chi connectivity index (χ1n) is 8.12. The van der Waals surface area contributed by atoms with E-state index in [1.165, 1.54) is 28.8 Å². The molecule has 0 spiro atoms. The molecule has 128 valence electrons. The molecule has 3 aromatic rings. The van der Waals surface area contributed by atoms with E-state index >= 15 is 0 Å². The Morgan fingerprint density at radius 2 is 2.04 bits per heavy atom. The lowest BCUT2D eigenvalue weighted by atomic mass is 10.1. The van der Waals surface area contributed by atoms with Crippen LogP contribution in [-0.2, 0) is 6.42 Å². The van der Waals surface area contributed by atoms with E-state index in [9.17, 15) is 9.90 Å². The van der Waals surface area contributed by atoms with Gasteiger partial charge in [-0.2, -0.15) is 0 Å². The van der Waals surface area contributed by atoms with Gasteiger partial charge in [0.1, 0.15) is 11.6 Å². The second kappa shape index (κ2) is 7.01. The van der Waals surface area contributed by atoms with Crippen molar-refractivity contribution in [1.29, 1.82) is 0 Å². The van der Waals surface area contributed by atoms with Crippen molar-refractivity contribution in [2.75, 3.05) is 5.75 Å². The van der Waals surface area contributed by atoms with Crippen LogP contribution in [0.25, 0.3) is 0 Å². The van der Waals surface area contributed by atoms with Crippen molar-refractivity contribution in [3.63, 3.8) is 0 Å². The number of carbonyl (C=O) groups excluding carboxylic acids is 1. The Kier molecular flexibility index (Phi) is 4.59. The Labute approximate surface area is 153 Å². The summed E-state index contributed by atoms with van der Waals surface area (Å²) in [6.45, 7) is 0. The molecule has 1 aliphatic rings. The van der Waals surface area contributed by atoms with E-state index in [0.717, 1.165) is 30.2 Å². The molecule has 5 nitrogen and oxygen atoms in total. The van der Waals surface area contributed by atoms with Crippen LogP contribution < -0.4 is 0 Å². The van der Waals surface area contributed by atoms with E-state index in [-0.39, 0.29) is 11.5 Å². The summed E-state index contributed by atoms with van der Waals surface area (Å²) < 4.78 is 2.20. The topological polar surface area (TPSA) is 68.0 Å². The van der Waals surface area contributed by atoms with Gasteiger partial charge in [0, 0.05) is 22.9 Å². The molecule has 1 aliphatic carbocycles. The van der Waals surface area contributed by atoms with Gasteiger partial charge in [-0.25, -0.2) is 0 Å². The molecule has 7 heteroatoms. The fourth-order valence-electron chi connectivity index (χ4n) is 2.66. The monoisotopic (exact) mass is 371 g/mol. The van der Waals surface area contributed by atoms with Crippen LogP contribution in [0, 0.1) is 0 Å². The predicted octanol–water partition coefficient (Wildman–Crippen LogP) is 3.95. The van der Waals surface area contributed by atoms with Crippen LogP contribution in [0.4, 0.5) is 0 Å². The minimum absolute atomic E-state index is 0.0233. The average Bonchev–Trinajstić information content (AvgIpc) is 3.17. The van der Waals surface area contributed by atoms with Crippen molar-refractivity contribution in [2.24, 2.45) is 0 Å². The minimum atomic E-state index is 0.0233. The van der Waals surface area contributed by atoms with Gasteiger partial charge in [0.25, 0.3) is 0 Å². The van der Waals surface area contributed by atoms with Crippen molar-refractivity contribution >= 4 is 28.9 Å². The number of phenolic OH excluding ortho intramolecular Hbond substituents is 1. The first-order valence-corrected chi connectivity index (χ1v) is 9.98. The first-order chi connectivity index (χ1) is 12.2. The first kappa shape index (κ1) is 16.4. The molecule has 2 heterocycles. The Morgan fingerprint density at radius 1 is 1.24 bits per heavy atom. The number of phenols is 1. The number of hydrogen-bond acceptors (Lipinski definition) is 6. The Hall–Kier alpha value is -2.12. The maximum Gasteiger partial charge on any atom is 0.191 e. The number of rotatable bonds is 7. The lowest BCUT2D eigenvalue weighted by Gasteiger charge is -2.08. The molecule has 0 radical (unpaired) electrons. The van der Waals surface area contributed by atoms with Gasteiger partial charge in [-0.3, -0.25) is 4.79 Å². The quantitative estimate of drug-likeness (QED) is 0.503. The number of aromatic nitrogens is 3. The SMILES string of the molecule is O=C(CSc1nnc(Cc2cccs2)n1C1CC1)c1ccc(O)cc1. The molecule has 4 rings (SSSR count). The smallest absolute Gasteiger partial charge is 0.191 e. The van der Waals surface area contributed by atoms with Gasteiger partial charge in [0.05, 0.1) is 5.75 Å². The second-order valence-corrected chi connectivity index (χ2v) is 7.99.